The van der Waals surface area contributed by atoms with Gasteiger partial charge in [-0.25, -0.2) is 4.39 Å². The molecular weight excluding hydrogens is 409 g/mol. The van der Waals surface area contributed by atoms with Gasteiger partial charge in [0.15, 0.2) is 0 Å². The molecule has 0 saturated carbocycles. The van der Waals surface area contributed by atoms with Gasteiger partial charge in [0.2, 0.25) is 0 Å². The molecule has 2 aromatic carbocycles. The minimum atomic E-state index is -0.277. The van der Waals surface area contributed by atoms with E-state index in [9.17, 15) is 4.79 Å². The number of anilines is 2. The van der Waals surface area contributed by atoms with Gasteiger partial charge < -0.3 is 24.2 Å². The molecule has 1 amide bonds. The van der Waals surface area contributed by atoms with Gasteiger partial charge in [0.05, 0.1) is 12.3 Å². The fourth-order valence-electron chi connectivity index (χ4n) is 4.50. The Morgan fingerprint density at radius 3 is 2.69 bits per heavy atom. The van der Waals surface area contributed by atoms with Gasteiger partial charge in [-0.05, 0) is 68.9 Å². The highest BCUT2D eigenvalue weighted by molar-refractivity contribution is 6.08. The van der Waals surface area contributed by atoms with E-state index in [0.717, 1.165) is 37.2 Å². The van der Waals surface area contributed by atoms with E-state index in [0.29, 0.717) is 49.2 Å². The van der Waals surface area contributed by atoms with Gasteiger partial charge in [-0.3, -0.25) is 4.79 Å². The molecule has 4 rings (SSSR count). The summed E-state index contributed by atoms with van der Waals surface area (Å²) in [5, 5.41) is 0. The molecule has 0 radical (unpaired) electrons. The Balaban J connectivity index is 1.45. The quantitative estimate of drug-likeness (QED) is 0.586. The number of amides is 1. The Hall–Kier alpha value is -2.64. The van der Waals surface area contributed by atoms with Crippen molar-refractivity contribution < 1.29 is 18.7 Å². The van der Waals surface area contributed by atoms with E-state index >= 15 is 4.39 Å². The number of benzene rings is 2. The number of fused-ring (bicyclic) bond motifs is 1. The van der Waals surface area contributed by atoms with Gasteiger partial charge in [-0.1, -0.05) is 0 Å². The van der Waals surface area contributed by atoms with Crippen molar-refractivity contribution in [2.24, 2.45) is 0 Å². The monoisotopic (exact) mass is 441 g/mol. The lowest BCUT2D eigenvalue weighted by Gasteiger charge is -2.30. The number of carbonyl (C=O) groups is 1. The summed E-state index contributed by atoms with van der Waals surface area (Å²) < 4.78 is 25.8. The first-order chi connectivity index (χ1) is 15.5. The van der Waals surface area contributed by atoms with Crippen molar-refractivity contribution in [2.75, 3.05) is 63.9 Å². The van der Waals surface area contributed by atoms with E-state index in [1.54, 1.807) is 12.0 Å². The van der Waals surface area contributed by atoms with Crippen LogP contribution in [0.1, 0.15) is 28.8 Å². The number of ether oxygens (including phenoxy) is 2. The molecule has 2 aromatic rings. The molecule has 0 aromatic heterocycles. The van der Waals surface area contributed by atoms with Crippen LogP contribution in [0.4, 0.5) is 15.8 Å². The first kappa shape index (κ1) is 22.6. The van der Waals surface area contributed by atoms with Gasteiger partial charge in [0.1, 0.15) is 11.6 Å². The van der Waals surface area contributed by atoms with Crippen LogP contribution < -0.4 is 14.5 Å². The molecule has 2 heterocycles. The summed E-state index contributed by atoms with van der Waals surface area (Å²) >= 11 is 0. The van der Waals surface area contributed by atoms with E-state index in [-0.39, 0.29) is 11.7 Å². The molecule has 0 bridgehead atoms. The molecule has 0 aliphatic carbocycles. The maximum absolute atomic E-state index is 15.0. The van der Waals surface area contributed by atoms with Crippen LogP contribution in [0.25, 0.3) is 0 Å². The summed E-state index contributed by atoms with van der Waals surface area (Å²) in [6.07, 6.45) is 2.54. The predicted molar refractivity (Wildman–Crippen MR) is 125 cm³/mol. The van der Waals surface area contributed by atoms with Crippen LogP contribution in [-0.4, -0.2) is 70.9 Å². The molecule has 6 nitrogen and oxygen atoms in total. The zero-order valence-electron chi connectivity index (χ0n) is 19.1. The van der Waals surface area contributed by atoms with Gasteiger partial charge in [0, 0.05) is 57.1 Å². The standard InChI is InChI=1S/C25H32FN3O3/c1-27(2)20-10-11-28(17-20)24-8-5-19(16-23(24)26)29-12-9-18-15-21(32-14-4-13-31-3)6-7-22(18)25(29)30/h5-8,15-16,20H,4,9-14,17H2,1-3H3/t20-/m1/s1. The first-order valence-corrected chi connectivity index (χ1v) is 11.3. The van der Waals surface area contributed by atoms with E-state index in [2.05, 4.69) is 23.9 Å². The van der Waals surface area contributed by atoms with Gasteiger partial charge >= 0.3 is 0 Å². The van der Waals surface area contributed by atoms with E-state index < -0.39 is 0 Å². The Morgan fingerprint density at radius 1 is 1.12 bits per heavy atom. The molecule has 1 saturated heterocycles. The van der Waals surface area contributed by atoms with Crippen molar-refractivity contribution in [2.45, 2.75) is 25.3 Å². The number of methoxy groups -OCH3 is 1. The molecule has 32 heavy (non-hydrogen) atoms. The molecule has 0 N–H and O–H groups in total. The van der Waals surface area contributed by atoms with Crippen LogP contribution in [0, 0.1) is 5.82 Å². The molecule has 172 valence electrons. The fraction of sp³-hybridized carbons (Fsp3) is 0.480. The number of nitrogens with zero attached hydrogens (tertiary/aromatic N) is 3. The Morgan fingerprint density at radius 2 is 1.97 bits per heavy atom. The third-order valence-corrected chi connectivity index (χ3v) is 6.40. The number of likely N-dealkylation sites (N-methyl/N-ethyl adjacent to an activating group) is 1. The van der Waals surface area contributed by atoms with E-state index in [1.807, 2.05) is 30.3 Å². The lowest BCUT2D eigenvalue weighted by Crippen LogP contribution is -2.37. The Bertz CT molecular complexity index is 965. The first-order valence-electron chi connectivity index (χ1n) is 11.3. The number of hydrogen-bond donors (Lipinski definition) is 0. The SMILES string of the molecule is COCCCOc1ccc2c(c1)CCN(c1ccc(N3CC[C@@H](N(C)C)C3)c(F)c1)C2=O. The molecular formula is C25H32FN3O3. The van der Waals surface area contributed by atoms with E-state index in [4.69, 9.17) is 9.47 Å². The summed E-state index contributed by atoms with van der Waals surface area (Å²) in [6.45, 7) is 3.40. The van der Waals surface area contributed by atoms with Crippen LogP contribution >= 0.6 is 0 Å². The average Bonchev–Trinajstić information content (AvgIpc) is 3.27. The second-order valence-electron chi connectivity index (χ2n) is 8.71. The van der Waals surface area contributed by atoms with Crippen molar-refractivity contribution in [3.63, 3.8) is 0 Å². The summed E-state index contributed by atoms with van der Waals surface area (Å²) in [7, 11) is 5.79. The highest BCUT2D eigenvalue weighted by atomic mass is 19.1. The highest BCUT2D eigenvalue weighted by Crippen LogP contribution is 2.32. The minimum absolute atomic E-state index is 0.0989. The molecule has 2 aliphatic rings. The van der Waals surface area contributed by atoms with Gasteiger partial charge in [-0.2, -0.15) is 0 Å². The smallest absolute Gasteiger partial charge is 0.258 e. The van der Waals surface area contributed by atoms with Crippen molar-refractivity contribution in [3.8, 4) is 5.75 Å². The number of halogens is 1. The van der Waals surface area contributed by atoms with Crippen LogP contribution in [-0.2, 0) is 11.2 Å². The zero-order chi connectivity index (χ0) is 22.7. The second-order valence-corrected chi connectivity index (χ2v) is 8.71. The molecule has 1 fully saturated rings. The van der Waals surface area contributed by atoms with Crippen LogP contribution in [0.2, 0.25) is 0 Å². The second kappa shape index (κ2) is 9.88. The lowest BCUT2D eigenvalue weighted by molar-refractivity contribution is 0.0980. The fourth-order valence-corrected chi connectivity index (χ4v) is 4.50. The van der Waals surface area contributed by atoms with Crippen molar-refractivity contribution >= 4 is 17.3 Å². The third-order valence-electron chi connectivity index (χ3n) is 6.40. The summed E-state index contributed by atoms with van der Waals surface area (Å²) in [6, 6.07) is 11.2. The Labute approximate surface area is 189 Å². The predicted octanol–water partition coefficient (Wildman–Crippen LogP) is 3.58. The van der Waals surface area contributed by atoms with Crippen LogP contribution in [0.5, 0.6) is 5.75 Å². The zero-order valence-corrected chi connectivity index (χ0v) is 19.1. The largest absolute Gasteiger partial charge is 0.493 e. The maximum atomic E-state index is 15.0. The summed E-state index contributed by atoms with van der Waals surface area (Å²) in [4.78, 5) is 19.1. The maximum Gasteiger partial charge on any atom is 0.258 e. The topological polar surface area (TPSA) is 45.3 Å². The Kier molecular flexibility index (Phi) is 6.96. The lowest BCUT2D eigenvalue weighted by atomic mass is 9.98. The van der Waals surface area contributed by atoms with Crippen LogP contribution in [0.15, 0.2) is 36.4 Å². The van der Waals surface area contributed by atoms with E-state index in [1.165, 1.54) is 6.07 Å². The number of rotatable bonds is 8. The van der Waals surface area contributed by atoms with Crippen molar-refractivity contribution in [1.29, 1.82) is 0 Å². The number of carbonyl (C=O) groups excluding carboxylic acids is 1. The molecule has 2 aliphatic heterocycles. The van der Waals surface area contributed by atoms with Crippen molar-refractivity contribution in [3.05, 3.63) is 53.3 Å². The third kappa shape index (κ3) is 4.74. The van der Waals surface area contributed by atoms with Crippen molar-refractivity contribution in [1.82, 2.24) is 4.90 Å². The van der Waals surface area contributed by atoms with Gasteiger partial charge in [0.25, 0.3) is 5.91 Å². The van der Waals surface area contributed by atoms with Gasteiger partial charge in [-0.15, -0.1) is 0 Å². The molecule has 0 spiro atoms. The highest BCUT2D eigenvalue weighted by Gasteiger charge is 2.29. The average molecular weight is 442 g/mol. The molecule has 7 heteroatoms. The summed E-state index contributed by atoms with van der Waals surface area (Å²) in [5.74, 6) is 0.386. The number of hydrogen-bond acceptors (Lipinski definition) is 5. The minimum Gasteiger partial charge on any atom is -0.493 e. The van der Waals surface area contributed by atoms with Crippen LogP contribution in [0.3, 0.4) is 0 Å². The molecule has 1 atom stereocenters. The summed E-state index contributed by atoms with van der Waals surface area (Å²) in [5.41, 5.74) is 2.83. The normalized spacial score (nSPS) is 18.4. The molecule has 0 unspecified atom stereocenters.